The van der Waals surface area contributed by atoms with Crippen LogP contribution in [-0.4, -0.2) is 40.7 Å². The van der Waals surface area contributed by atoms with Crippen molar-refractivity contribution in [3.05, 3.63) is 18.2 Å². The van der Waals surface area contributed by atoms with Gasteiger partial charge in [-0.1, -0.05) is 0 Å². The van der Waals surface area contributed by atoms with E-state index in [0.29, 0.717) is 18.8 Å². The monoisotopic (exact) mass is 280 g/mol. The lowest BCUT2D eigenvalue weighted by Crippen LogP contribution is -2.57. The Morgan fingerprint density at radius 2 is 2.15 bits per heavy atom. The van der Waals surface area contributed by atoms with Gasteiger partial charge in [0.2, 0.25) is 11.9 Å². The first kappa shape index (κ1) is 13.2. The maximum atomic E-state index is 12.8. The molecule has 1 aromatic rings. The van der Waals surface area contributed by atoms with Crippen LogP contribution < -0.4 is 10.6 Å². The number of nitrogens with zero attached hydrogens (tertiary/aromatic N) is 2. The lowest BCUT2D eigenvalue weighted by Gasteiger charge is -2.36. The van der Waals surface area contributed by atoms with Gasteiger partial charge in [0.05, 0.1) is 30.6 Å². The summed E-state index contributed by atoms with van der Waals surface area (Å²) in [4.78, 5) is 19.4. The van der Waals surface area contributed by atoms with Crippen LogP contribution in [0.15, 0.2) is 12.4 Å². The third-order valence-electron chi connectivity index (χ3n) is 3.74. The van der Waals surface area contributed by atoms with Gasteiger partial charge < -0.3 is 15.4 Å². The van der Waals surface area contributed by atoms with Gasteiger partial charge in [-0.25, -0.2) is 14.4 Å². The van der Waals surface area contributed by atoms with E-state index in [-0.39, 0.29) is 24.1 Å². The fourth-order valence-corrected chi connectivity index (χ4v) is 2.78. The van der Waals surface area contributed by atoms with Crippen LogP contribution in [0, 0.1) is 5.82 Å². The number of hydrogen-bond acceptors (Lipinski definition) is 5. The Hall–Kier alpha value is -1.76. The molecule has 0 aromatic carbocycles. The largest absolute Gasteiger partial charge is 0.376 e. The second-order valence-electron chi connectivity index (χ2n) is 5.16. The Morgan fingerprint density at radius 1 is 1.35 bits per heavy atom. The van der Waals surface area contributed by atoms with Crippen molar-refractivity contribution in [2.45, 2.75) is 43.9 Å². The minimum absolute atomic E-state index is 0.00117. The molecule has 20 heavy (non-hydrogen) atoms. The number of ether oxygens (including phenoxy) is 1. The molecule has 3 atom stereocenters. The second-order valence-corrected chi connectivity index (χ2v) is 5.16. The van der Waals surface area contributed by atoms with E-state index in [1.54, 1.807) is 0 Å². The highest BCUT2D eigenvalue weighted by Crippen LogP contribution is 2.24. The van der Waals surface area contributed by atoms with Crippen molar-refractivity contribution in [2.75, 3.05) is 11.9 Å². The molecule has 0 spiro atoms. The summed E-state index contributed by atoms with van der Waals surface area (Å²) < 4.78 is 18.5. The van der Waals surface area contributed by atoms with Crippen molar-refractivity contribution in [3.8, 4) is 0 Å². The highest BCUT2D eigenvalue weighted by molar-refractivity contribution is 5.77. The molecule has 2 aliphatic rings. The van der Waals surface area contributed by atoms with E-state index in [1.165, 1.54) is 0 Å². The normalized spacial score (nSPS) is 30.1. The molecule has 0 bridgehead atoms. The van der Waals surface area contributed by atoms with E-state index in [1.807, 2.05) is 0 Å². The number of carbonyl (C=O) groups excluding carboxylic acids is 1. The van der Waals surface area contributed by atoms with E-state index in [4.69, 9.17) is 4.74 Å². The van der Waals surface area contributed by atoms with E-state index in [0.717, 1.165) is 31.8 Å². The number of aromatic nitrogens is 2. The minimum Gasteiger partial charge on any atom is -0.376 e. The Labute approximate surface area is 116 Å². The number of halogens is 1. The minimum atomic E-state index is -0.469. The summed E-state index contributed by atoms with van der Waals surface area (Å²) in [6, 6.07) is -0.0892. The molecular formula is C13H17FN4O2. The van der Waals surface area contributed by atoms with Gasteiger partial charge in [0.1, 0.15) is 0 Å². The number of piperidine rings is 1. The molecule has 6 nitrogen and oxygen atoms in total. The SMILES string of the molecule is O=C1CC[C@H](Nc2ncc(F)cn2)[C@@H](C2CCCO2)N1. The number of nitrogens with one attached hydrogen (secondary N) is 2. The van der Waals surface area contributed by atoms with Gasteiger partial charge in [-0.2, -0.15) is 0 Å². The smallest absolute Gasteiger partial charge is 0.223 e. The number of rotatable bonds is 3. The molecule has 7 heteroatoms. The number of carbonyl (C=O) groups is 1. The van der Waals surface area contributed by atoms with Crippen molar-refractivity contribution < 1.29 is 13.9 Å². The first-order valence-electron chi connectivity index (χ1n) is 6.87. The average Bonchev–Trinajstić information content (AvgIpc) is 2.97. The molecule has 2 N–H and O–H groups in total. The van der Waals surface area contributed by atoms with Crippen molar-refractivity contribution in [1.82, 2.24) is 15.3 Å². The molecule has 0 radical (unpaired) electrons. The topological polar surface area (TPSA) is 76.1 Å². The Balaban J connectivity index is 1.71. The summed E-state index contributed by atoms with van der Waals surface area (Å²) in [5.41, 5.74) is 0. The van der Waals surface area contributed by atoms with Crippen LogP contribution in [0.25, 0.3) is 0 Å². The molecule has 108 valence electrons. The van der Waals surface area contributed by atoms with Crippen LogP contribution in [0.2, 0.25) is 0 Å². The van der Waals surface area contributed by atoms with Crippen molar-refractivity contribution in [2.24, 2.45) is 0 Å². The summed E-state index contributed by atoms with van der Waals surface area (Å²) in [6.45, 7) is 0.733. The van der Waals surface area contributed by atoms with Crippen LogP contribution in [0.4, 0.5) is 10.3 Å². The molecule has 0 aliphatic carbocycles. The zero-order chi connectivity index (χ0) is 13.9. The quantitative estimate of drug-likeness (QED) is 0.858. The predicted molar refractivity (Wildman–Crippen MR) is 69.5 cm³/mol. The van der Waals surface area contributed by atoms with Gasteiger partial charge >= 0.3 is 0 Å². The van der Waals surface area contributed by atoms with Crippen molar-refractivity contribution >= 4 is 11.9 Å². The van der Waals surface area contributed by atoms with Gasteiger partial charge in [0.25, 0.3) is 0 Å². The number of hydrogen-bond donors (Lipinski definition) is 2. The van der Waals surface area contributed by atoms with Crippen molar-refractivity contribution in [1.29, 1.82) is 0 Å². The first-order valence-corrected chi connectivity index (χ1v) is 6.87. The summed E-state index contributed by atoms with van der Waals surface area (Å²) in [5.74, 6) is -0.0534. The summed E-state index contributed by atoms with van der Waals surface area (Å²) in [6.07, 6.45) is 5.37. The highest BCUT2D eigenvalue weighted by Gasteiger charge is 2.37. The first-order chi connectivity index (χ1) is 9.72. The van der Waals surface area contributed by atoms with Crippen LogP contribution in [0.1, 0.15) is 25.7 Å². The van der Waals surface area contributed by atoms with Crippen LogP contribution in [0.3, 0.4) is 0 Å². The fraction of sp³-hybridized carbons (Fsp3) is 0.615. The van der Waals surface area contributed by atoms with Gasteiger partial charge in [-0.15, -0.1) is 0 Å². The number of anilines is 1. The zero-order valence-corrected chi connectivity index (χ0v) is 11.0. The van der Waals surface area contributed by atoms with E-state index < -0.39 is 5.82 Å². The van der Waals surface area contributed by atoms with Crippen LogP contribution in [0.5, 0.6) is 0 Å². The van der Waals surface area contributed by atoms with Crippen LogP contribution in [-0.2, 0) is 9.53 Å². The maximum absolute atomic E-state index is 12.8. The lowest BCUT2D eigenvalue weighted by molar-refractivity contribution is -0.124. The summed E-state index contributed by atoms with van der Waals surface area (Å²) in [5, 5.41) is 6.16. The van der Waals surface area contributed by atoms with Crippen LogP contribution >= 0.6 is 0 Å². The Bertz CT molecular complexity index is 476. The molecule has 1 amide bonds. The second kappa shape index (κ2) is 5.70. The molecule has 2 aliphatic heterocycles. The van der Waals surface area contributed by atoms with E-state index in [9.17, 15) is 9.18 Å². The van der Waals surface area contributed by atoms with Gasteiger partial charge in [-0.3, -0.25) is 4.79 Å². The fourth-order valence-electron chi connectivity index (χ4n) is 2.78. The molecule has 3 rings (SSSR count). The Kier molecular flexibility index (Phi) is 3.77. The lowest BCUT2D eigenvalue weighted by atomic mass is 9.92. The highest BCUT2D eigenvalue weighted by atomic mass is 19.1. The van der Waals surface area contributed by atoms with E-state index >= 15 is 0 Å². The van der Waals surface area contributed by atoms with E-state index in [2.05, 4.69) is 20.6 Å². The molecule has 1 unspecified atom stereocenters. The summed E-state index contributed by atoms with van der Waals surface area (Å²) in [7, 11) is 0. The van der Waals surface area contributed by atoms with Gasteiger partial charge in [0, 0.05) is 13.0 Å². The molecule has 0 saturated carbocycles. The molecule has 3 heterocycles. The standard InChI is InChI=1S/C13H17FN4O2/c14-8-6-15-13(16-7-8)17-9-3-4-11(19)18-12(9)10-2-1-5-20-10/h6-7,9-10,12H,1-5H2,(H,18,19)(H,15,16,17)/t9-,10?,12-/m0/s1. The average molecular weight is 280 g/mol. The maximum Gasteiger partial charge on any atom is 0.223 e. The molecule has 1 aromatic heterocycles. The summed E-state index contributed by atoms with van der Waals surface area (Å²) >= 11 is 0. The third-order valence-corrected chi connectivity index (χ3v) is 3.74. The van der Waals surface area contributed by atoms with Crippen molar-refractivity contribution in [3.63, 3.8) is 0 Å². The number of amides is 1. The van der Waals surface area contributed by atoms with Gasteiger partial charge in [0.15, 0.2) is 5.82 Å². The molecule has 2 fully saturated rings. The van der Waals surface area contributed by atoms with Gasteiger partial charge in [-0.05, 0) is 19.3 Å². The molecular weight excluding hydrogens is 263 g/mol. The predicted octanol–water partition coefficient (Wildman–Crippen LogP) is 0.854. The zero-order valence-electron chi connectivity index (χ0n) is 11.0. The third kappa shape index (κ3) is 2.87. The Morgan fingerprint density at radius 3 is 2.85 bits per heavy atom. The molecule has 2 saturated heterocycles.